The first-order chi connectivity index (χ1) is 5.31. The molecule has 0 aromatic carbocycles. The van der Waals surface area contributed by atoms with Crippen LogP contribution in [0.2, 0.25) is 0 Å². The zero-order valence-electron chi connectivity index (χ0n) is 7.49. The number of rotatable bonds is 5. The Hall–Kier alpha value is 0.0400. The Bertz CT molecular complexity index is 130. The van der Waals surface area contributed by atoms with Gasteiger partial charge in [0.1, 0.15) is 0 Å². The van der Waals surface area contributed by atoms with Gasteiger partial charge >= 0.3 is 0 Å². The third kappa shape index (κ3) is 7.94. The van der Waals surface area contributed by atoms with E-state index in [1.165, 1.54) is 25.7 Å². The molecule has 0 aromatic rings. The van der Waals surface area contributed by atoms with Gasteiger partial charge in [-0.3, -0.25) is 0 Å². The Morgan fingerprint density at radius 3 is 2.64 bits per heavy atom. The minimum Gasteiger partial charge on any atom is -0.107 e. The molecule has 0 bridgehead atoms. The van der Waals surface area contributed by atoms with Crippen LogP contribution in [0.3, 0.4) is 0 Å². The van der Waals surface area contributed by atoms with E-state index in [4.69, 9.17) is 0 Å². The van der Waals surface area contributed by atoms with Crippen molar-refractivity contribution in [3.05, 3.63) is 0 Å². The molecule has 0 N–H and O–H groups in total. The summed E-state index contributed by atoms with van der Waals surface area (Å²) in [5.41, 5.74) is 0. The molecule has 0 fully saturated rings. The van der Waals surface area contributed by atoms with E-state index < -0.39 is 0 Å². The molecule has 1 heteroatoms. The molecular weight excluding hydrogens is 200 g/mol. The van der Waals surface area contributed by atoms with E-state index in [-0.39, 0.29) is 0 Å². The van der Waals surface area contributed by atoms with Gasteiger partial charge in [0.2, 0.25) is 0 Å². The van der Waals surface area contributed by atoms with Crippen LogP contribution in [0.25, 0.3) is 0 Å². The van der Waals surface area contributed by atoms with Gasteiger partial charge in [0.25, 0.3) is 0 Å². The van der Waals surface area contributed by atoms with E-state index in [9.17, 15) is 0 Å². The van der Waals surface area contributed by atoms with E-state index in [0.29, 0.717) is 0 Å². The highest BCUT2D eigenvalue weighted by molar-refractivity contribution is 9.09. The molecule has 0 saturated heterocycles. The van der Waals surface area contributed by atoms with Crippen molar-refractivity contribution in [2.75, 3.05) is 0 Å². The zero-order chi connectivity index (χ0) is 8.53. The molecule has 0 heterocycles. The fourth-order valence-corrected chi connectivity index (χ4v) is 1.23. The van der Waals surface area contributed by atoms with Crippen molar-refractivity contribution >= 4 is 15.9 Å². The third-order valence-corrected chi connectivity index (χ3v) is 2.79. The molecule has 0 rings (SSSR count). The maximum Gasteiger partial charge on any atom is 0.0143 e. The summed E-state index contributed by atoms with van der Waals surface area (Å²) < 4.78 is 0. The number of hydrogen-bond donors (Lipinski definition) is 0. The monoisotopic (exact) mass is 216 g/mol. The maximum absolute atomic E-state index is 3.61. The normalized spacial score (nSPS) is 11.9. The Morgan fingerprint density at radius 1 is 1.36 bits per heavy atom. The molecular formula is C10H17Br. The zero-order valence-corrected chi connectivity index (χ0v) is 9.08. The van der Waals surface area contributed by atoms with E-state index in [1.54, 1.807) is 0 Å². The lowest BCUT2D eigenvalue weighted by Crippen LogP contribution is -1.93. The van der Waals surface area contributed by atoms with Gasteiger partial charge in [-0.25, -0.2) is 0 Å². The number of unbranched alkanes of at least 4 members (excludes halogenated alkanes) is 2. The summed E-state index contributed by atoms with van der Waals surface area (Å²) in [6.07, 6.45) is 6.16. The van der Waals surface area contributed by atoms with Crippen molar-refractivity contribution in [2.24, 2.45) is 0 Å². The standard InChI is InChI=1S/C10H17Br/c1-3-5-6-7-8-9-10(11)4-2/h10H,4,6-9H2,1-2H3. The molecule has 0 saturated carbocycles. The summed E-state index contributed by atoms with van der Waals surface area (Å²) in [6, 6.07) is 0. The molecule has 0 radical (unpaired) electrons. The quantitative estimate of drug-likeness (QED) is 0.374. The molecule has 0 aliphatic carbocycles. The van der Waals surface area contributed by atoms with E-state index in [0.717, 1.165) is 11.2 Å². The number of halogens is 1. The van der Waals surface area contributed by atoms with Crippen LogP contribution in [-0.2, 0) is 0 Å². The molecule has 1 atom stereocenters. The van der Waals surface area contributed by atoms with Crippen molar-refractivity contribution in [3.63, 3.8) is 0 Å². The molecule has 0 nitrogen and oxygen atoms in total. The van der Waals surface area contributed by atoms with Crippen LogP contribution in [0.5, 0.6) is 0 Å². The highest BCUT2D eigenvalue weighted by Crippen LogP contribution is 2.13. The SMILES string of the molecule is CC#CCCCCC(Br)CC. The first kappa shape index (κ1) is 11.0. The predicted molar refractivity (Wildman–Crippen MR) is 54.9 cm³/mol. The molecule has 11 heavy (non-hydrogen) atoms. The number of alkyl halides is 1. The molecule has 1 unspecified atom stereocenters. The van der Waals surface area contributed by atoms with E-state index in [1.807, 2.05) is 6.92 Å². The van der Waals surface area contributed by atoms with Crippen molar-refractivity contribution in [1.29, 1.82) is 0 Å². The topological polar surface area (TPSA) is 0 Å². The van der Waals surface area contributed by atoms with E-state index in [2.05, 4.69) is 34.7 Å². The molecule has 0 amide bonds. The lowest BCUT2D eigenvalue weighted by atomic mass is 10.1. The van der Waals surface area contributed by atoms with Gasteiger partial charge in [0, 0.05) is 11.2 Å². The lowest BCUT2D eigenvalue weighted by molar-refractivity contribution is 0.660. The second kappa shape index (κ2) is 8.14. The van der Waals surface area contributed by atoms with Gasteiger partial charge in [0.05, 0.1) is 0 Å². The summed E-state index contributed by atoms with van der Waals surface area (Å²) in [7, 11) is 0. The first-order valence-corrected chi connectivity index (χ1v) is 5.26. The van der Waals surface area contributed by atoms with Gasteiger partial charge in [-0.15, -0.1) is 11.8 Å². The highest BCUT2D eigenvalue weighted by atomic mass is 79.9. The van der Waals surface area contributed by atoms with Crippen LogP contribution < -0.4 is 0 Å². The second-order valence-electron chi connectivity index (χ2n) is 2.68. The van der Waals surface area contributed by atoms with Gasteiger partial charge in [-0.05, 0) is 26.2 Å². The van der Waals surface area contributed by atoms with Crippen LogP contribution in [0.4, 0.5) is 0 Å². The number of hydrogen-bond acceptors (Lipinski definition) is 0. The van der Waals surface area contributed by atoms with Gasteiger partial charge in [0.15, 0.2) is 0 Å². The van der Waals surface area contributed by atoms with Crippen LogP contribution in [0.1, 0.15) is 46.0 Å². The summed E-state index contributed by atoms with van der Waals surface area (Å²) in [4.78, 5) is 0.720. The van der Waals surface area contributed by atoms with Gasteiger partial charge in [-0.2, -0.15) is 0 Å². The predicted octanol–water partition coefficient (Wildman–Crippen LogP) is 3.74. The first-order valence-electron chi connectivity index (χ1n) is 4.35. The van der Waals surface area contributed by atoms with Crippen molar-refractivity contribution in [1.82, 2.24) is 0 Å². The lowest BCUT2D eigenvalue weighted by Gasteiger charge is -2.03. The molecule has 0 aromatic heterocycles. The highest BCUT2D eigenvalue weighted by Gasteiger charge is 1.98. The van der Waals surface area contributed by atoms with Gasteiger partial charge in [-0.1, -0.05) is 29.3 Å². The van der Waals surface area contributed by atoms with Crippen LogP contribution in [0, 0.1) is 11.8 Å². The molecule has 64 valence electrons. The summed E-state index contributed by atoms with van der Waals surface area (Å²) >= 11 is 3.61. The largest absolute Gasteiger partial charge is 0.107 e. The van der Waals surface area contributed by atoms with Gasteiger partial charge < -0.3 is 0 Å². The van der Waals surface area contributed by atoms with Crippen LogP contribution in [0.15, 0.2) is 0 Å². The summed E-state index contributed by atoms with van der Waals surface area (Å²) in [5, 5.41) is 0. The molecule has 0 spiro atoms. The third-order valence-electron chi connectivity index (χ3n) is 1.69. The smallest absolute Gasteiger partial charge is 0.0143 e. The Balaban J connectivity index is 3.05. The minimum absolute atomic E-state index is 0.720. The molecule has 0 aliphatic rings. The Morgan fingerprint density at radius 2 is 2.09 bits per heavy atom. The molecule has 0 aliphatic heterocycles. The fraction of sp³-hybridized carbons (Fsp3) is 0.800. The minimum atomic E-state index is 0.720. The van der Waals surface area contributed by atoms with Crippen LogP contribution >= 0.6 is 15.9 Å². The van der Waals surface area contributed by atoms with E-state index >= 15 is 0 Å². The van der Waals surface area contributed by atoms with Crippen molar-refractivity contribution in [2.45, 2.75) is 50.8 Å². The summed E-state index contributed by atoms with van der Waals surface area (Å²) in [5.74, 6) is 5.98. The average Bonchev–Trinajstić information content (AvgIpc) is 2.04. The van der Waals surface area contributed by atoms with Crippen LogP contribution in [-0.4, -0.2) is 4.83 Å². The van der Waals surface area contributed by atoms with Crippen molar-refractivity contribution < 1.29 is 0 Å². The van der Waals surface area contributed by atoms with Crippen molar-refractivity contribution in [3.8, 4) is 11.8 Å². The Kier molecular flexibility index (Phi) is 8.17. The second-order valence-corrected chi connectivity index (χ2v) is 3.97. The summed E-state index contributed by atoms with van der Waals surface area (Å²) in [6.45, 7) is 4.12. The Labute approximate surface area is 78.9 Å². The average molecular weight is 217 g/mol. The maximum atomic E-state index is 3.61. The fourth-order valence-electron chi connectivity index (χ4n) is 0.908.